The fraction of sp³-hybridized carbons (Fsp3) is 0.400. The molecule has 2 aromatic heterocycles. The van der Waals surface area contributed by atoms with E-state index < -0.39 is 0 Å². The highest BCUT2D eigenvalue weighted by Crippen LogP contribution is 2.38. The van der Waals surface area contributed by atoms with E-state index in [1.807, 2.05) is 11.4 Å². The van der Waals surface area contributed by atoms with E-state index in [2.05, 4.69) is 26.1 Å². The van der Waals surface area contributed by atoms with Crippen molar-refractivity contribution in [1.29, 1.82) is 0 Å². The molecule has 84 valence electrons. The van der Waals surface area contributed by atoms with E-state index in [1.54, 1.807) is 11.3 Å². The van der Waals surface area contributed by atoms with Gasteiger partial charge in [0.1, 0.15) is 0 Å². The molecule has 0 saturated heterocycles. The Bertz CT molecular complexity index is 518. The Labute approximate surface area is 105 Å². The molecular formula is C10H10BrN3OS. The maximum absolute atomic E-state index is 6.13. The second kappa shape index (κ2) is 3.65. The highest BCUT2D eigenvalue weighted by molar-refractivity contribution is 9.10. The van der Waals surface area contributed by atoms with Crippen LogP contribution in [0.3, 0.4) is 0 Å². The molecule has 1 aliphatic carbocycles. The van der Waals surface area contributed by atoms with Crippen LogP contribution in [0.15, 0.2) is 20.4 Å². The van der Waals surface area contributed by atoms with Gasteiger partial charge in [-0.15, -0.1) is 11.3 Å². The van der Waals surface area contributed by atoms with Gasteiger partial charge in [0.05, 0.1) is 10.4 Å². The highest BCUT2D eigenvalue weighted by atomic mass is 79.9. The molecule has 0 unspecified atom stereocenters. The van der Waals surface area contributed by atoms with E-state index >= 15 is 0 Å². The van der Waals surface area contributed by atoms with Crippen LogP contribution >= 0.6 is 27.3 Å². The Morgan fingerprint density at radius 2 is 2.31 bits per heavy atom. The zero-order valence-electron chi connectivity index (χ0n) is 8.44. The Balaban J connectivity index is 1.93. The lowest BCUT2D eigenvalue weighted by molar-refractivity contribution is 0.229. The van der Waals surface area contributed by atoms with Gasteiger partial charge in [-0.2, -0.15) is 4.98 Å². The molecule has 0 spiro atoms. The van der Waals surface area contributed by atoms with Gasteiger partial charge in [-0.05, 0) is 41.3 Å². The van der Waals surface area contributed by atoms with Crippen molar-refractivity contribution >= 4 is 27.3 Å². The Hall–Kier alpha value is -0.720. The van der Waals surface area contributed by atoms with E-state index in [0.717, 1.165) is 28.6 Å². The van der Waals surface area contributed by atoms with Gasteiger partial charge < -0.3 is 10.3 Å². The number of rotatable bonds is 2. The molecule has 16 heavy (non-hydrogen) atoms. The first kappa shape index (κ1) is 10.4. The molecule has 3 rings (SSSR count). The molecule has 1 saturated carbocycles. The molecule has 0 aromatic carbocycles. The maximum atomic E-state index is 6.13. The summed E-state index contributed by atoms with van der Waals surface area (Å²) in [7, 11) is 0. The standard InChI is InChI=1S/C10H10BrN3OS/c11-6-4-7(16-5-6)8-13-9(14-15-8)10(12)2-1-3-10/h4-5H,1-3,12H2. The summed E-state index contributed by atoms with van der Waals surface area (Å²) in [6.07, 6.45) is 3.03. The molecule has 4 nitrogen and oxygen atoms in total. The topological polar surface area (TPSA) is 64.9 Å². The van der Waals surface area contributed by atoms with Crippen LogP contribution in [0.25, 0.3) is 10.8 Å². The largest absolute Gasteiger partial charge is 0.333 e. The van der Waals surface area contributed by atoms with Gasteiger partial charge in [-0.3, -0.25) is 0 Å². The van der Waals surface area contributed by atoms with Gasteiger partial charge in [0.2, 0.25) is 0 Å². The molecule has 0 amide bonds. The minimum atomic E-state index is -0.351. The van der Waals surface area contributed by atoms with Crippen molar-refractivity contribution in [1.82, 2.24) is 10.1 Å². The predicted molar refractivity (Wildman–Crippen MR) is 65.0 cm³/mol. The van der Waals surface area contributed by atoms with E-state index in [4.69, 9.17) is 10.3 Å². The van der Waals surface area contributed by atoms with Gasteiger partial charge >= 0.3 is 0 Å². The first-order valence-electron chi connectivity index (χ1n) is 5.05. The number of nitrogens with two attached hydrogens (primary N) is 1. The molecule has 6 heteroatoms. The van der Waals surface area contributed by atoms with E-state index in [-0.39, 0.29) is 5.54 Å². The van der Waals surface area contributed by atoms with Crippen LogP contribution in [-0.4, -0.2) is 10.1 Å². The third-order valence-corrected chi connectivity index (χ3v) is 4.57. The molecular weight excluding hydrogens is 290 g/mol. The van der Waals surface area contributed by atoms with Gasteiger partial charge in [-0.25, -0.2) is 0 Å². The molecule has 1 aliphatic rings. The summed E-state index contributed by atoms with van der Waals surface area (Å²) < 4.78 is 6.26. The van der Waals surface area contributed by atoms with Crippen molar-refractivity contribution in [2.45, 2.75) is 24.8 Å². The smallest absolute Gasteiger partial charge is 0.268 e. The molecule has 0 atom stereocenters. The third-order valence-electron chi connectivity index (χ3n) is 2.90. The molecule has 2 aromatic rings. The summed E-state index contributed by atoms with van der Waals surface area (Å²) in [5, 5.41) is 5.96. The fourth-order valence-corrected chi connectivity index (χ4v) is 3.08. The molecule has 1 fully saturated rings. The van der Waals surface area contributed by atoms with Crippen LogP contribution in [0.1, 0.15) is 25.1 Å². The Morgan fingerprint density at radius 3 is 2.88 bits per heavy atom. The van der Waals surface area contributed by atoms with Crippen LogP contribution in [0, 0.1) is 0 Å². The number of aromatic nitrogens is 2. The summed E-state index contributed by atoms with van der Waals surface area (Å²) in [6.45, 7) is 0. The molecule has 2 heterocycles. The number of nitrogens with zero attached hydrogens (tertiary/aromatic N) is 2. The molecule has 0 bridgehead atoms. The van der Waals surface area contributed by atoms with Crippen molar-refractivity contribution in [3.63, 3.8) is 0 Å². The first-order valence-corrected chi connectivity index (χ1v) is 6.72. The van der Waals surface area contributed by atoms with E-state index in [9.17, 15) is 0 Å². The van der Waals surface area contributed by atoms with Crippen LogP contribution in [-0.2, 0) is 5.54 Å². The van der Waals surface area contributed by atoms with Crippen LogP contribution in [0.5, 0.6) is 0 Å². The average Bonchev–Trinajstić information content (AvgIpc) is 2.82. The molecule has 2 N–H and O–H groups in total. The second-order valence-corrected chi connectivity index (χ2v) is 5.89. The Morgan fingerprint density at radius 1 is 1.50 bits per heavy atom. The van der Waals surface area contributed by atoms with Crippen molar-refractivity contribution in [2.75, 3.05) is 0 Å². The van der Waals surface area contributed by atoms with Crippen LogP contribution < -0.4 is 5.73 Å². The Kier molecular flexibility index (Phi) is 2.38. The summed E-state index contributed by atoms with van der Waals surface area (Å²) in [4.78, 5) is 5.34. The van der Waals surface area contributed by atoms with E-state index in [1.165, 1.54) is 0 Å². The monoisotopic (exact) mass is 299 g/mol. The summed E-state index contributed by atoms with van der Waals surface area (Å²) in [5.41, 5.74) is 5.78. The zero-order chi connectivity index (χ0) is 11.2. The number of hydrogen-bond acceptors (Lipinski definition) is 5. The van der Waals surface area contributed by atoms with Gasteiger partial charge in [0.25, 0.3) is 5.89 Å². The summed E-state index contributed by atoms with van der Waals surface area (Å²) >= 11 is 4.96. The van der Waals surface area contributed by atoms with Crippen molar-refractivity contribution in [3.05, 3.63) is 21.7 Å². The lowest BCUT2D eigenvalue weighted by atomic mass is 9.77. The van der Waals surface area contributed by atoms with Crippen molar-refractivity contribution < 1.29 is 4.52 Å². The second-order valence-electron chi connectivity index (χ2n) is 4.06. The minimum Gasteiger partial charge on any atom is -0.333 e. The maximum Gasteiger partial charge on any atom is 0.268 e. The SMILES string of the molecule is NC1(c2noc(-c3cc(Br)cs3)n2)CCC1. The van der Waals surface area contributed by atoms with Crippen molar-refractivity contribution in [2.24, 2.45) is 5.73 Å². The summed E-state index contributed by atoms with van der Waals surface area (Å²) in [5.74, 6) is 1.20. The quantitative estimate of drug-likeness (QED) is 0.926. The third kappa shape index (κ3) is 1.61. The molecule has 0 radical (unpaired) electrons. The minimum absolute atomic E-state index is 0.351. The lowest BCUT2D eigenvalue weighted by Crippen LogP contribution is -2.44. The van der Waals surface area contributed by atoms with Crippen molar-refractivity contribution in [3.8, 4) is 10.8 Å². The first-order chi connectivity index (χ1) is 7.67. The van der Waals surface area contributed by atoms with E-state index in [0.29, 0.717) is 11.7 Å². The molecule has 0 aliphatic heterocycles. The van der Waals surface area contributed by atoms with Crippen LogP contribution in [0.2, 0.25) is 0 Å². The fourth-order valence-electron chi connectivity index (χ4n) is 1.73. The normalized spacial score (nSPS) is 18.4. The average molecular weight is 300 g/mol. The van der Waals surface area contributed by atoms with Gasteiger partial charge in [0.15, 0.2) is 5.82 Å². The number of hydrogen-bond donors (Lipinski definition) is 1. The highest BCUT2D eigenvalue weighted by Gasteiger charge is 2.39. The zero-order valence-corrected chi connectivity index (χ0v) is 10.8. The van der Waals surface area contributed by atoms with Gasteiger partial charge in [-0.1, -0.05) is 5.16 Å². The lowest BCUT2D eigenvalue weighted by Gasteiger charge is -2.34. The van der Waals surface area contributed by atoms with Crippen LogP contribution in [0.4, 0.5) is 0 Å². The predicted octanol–water partition coefficient (Wildman–Crippen LogP) is 2.90. The number of halogens is 1. The van der Waals surface area contributed by atoms with Gasteiger partial charge in [0, 0.05) is 9.85 Å². The number of thiophene rings is 1. The summed E-state index contributed by atoms with van der Waals surface area (Å²) in [6, 6.07) is 1.96.